The van der Waals surface area contributed by atoms with E-state index in [0.717, 1.165) is 30.3 Å². The highest BCUT2D eigenvalue weighted by molar-refractivity contribution is 5.36. The van der Waals surface area contributed by atoms with E-state index in [0.29, 0.717) is 6.54 Å². The van der Waals surface area contributed by atoms with Gasteiger partial charge in [0.05, 0.1) is 30.3 Å². The number of hydrogen-bond acceptors (Lipinski definition) is 5. The molecule has 0 spiro atoms. The third-order valence-corrected chi connectivity index (χ3v) is 2.69. The minimum Gasteiger partial charge on any atom is -0.350 e. The zero-order valence-corrected chi connectivity index (χ0v) is 10.5. The van der Waals surface area contributed by atoms with Gasteiger partial charge in [0.1, 0.15) is 5.82 Å². The van der Waals surface area contributed by atoms with Gasteiger partial charge in [0.2, 0.25) is 0 Å². The highest BCUT2D eigenvalue weighted by atomic mass is 15.2. The number of anilines is 1. The van der Waals surface area contributed by atoms with Crippen molar-refractivity contribution in [1.82, 2.24) is 15.0 Å². The van der Waals surface area contributed by atoms with E-state index >= 15 is 0 Å². The summed E-state index contributed by atoms with van der Waals surface area (Å²) in [5, 5.41) is 0. The monoisotopic (exact) mass is 243 g/mol. The van der Waals surface area contributed by atoms with Gasteiger partial charge in [-0.25, -0.2) is 4.98 Å². The molecule has 2 aromatic heterocycles. The standard InChI is InChI=1S/C13H17N5/c1-2-18(10-11-5-3-4-6-15-11)13-9-16-12(7-14)8-17-13/h3-6,8-9H,2,7,10,14H2,1H3. The molecule has 0 saturated heterocycles. The molecule has 5 nitrogen and oxygen atoms in total. The molecule has 0 unspecified atom stereocenters. The maximum atomic E-state index is 5.51. The van der Waals surface area contributed by atoms with Gasteiger partial charge in [-0.3, -0.25) is 9.97 Å². The first-order valence-electron chi connectivity index (χ1n) is 5.99. The molecule has 94 valence electrons. The molecular weight excluding hydrogens is 226 g/mol. The normalized spacial score (nSPS) is 10.3. The third-order valence-electron chi connectivity index (χ3n) is 2.69. The maximum absolute atomic E-state index is 5.51. The largest absolute Gasteiger partial charge is 0.350 e. The average Bonchev–Trinajstić information content (AvgIpc) is 2.46. The Bertz CT molecular complexity index is 469. The van der Waals surface area contributed by atoms with Crippen LogP contribution in [0.2, 0.25) is 0 Å². The number of nitrogens with two attached hydrogens (primary N) is 1. The Morgan fingerprint density at radius 3 is 2.56 bits per heavy atom. The summed E-state index contributed by atoms with van der Waals surface area (Å²) in [6.45, 7) is 4.09. The minimum atomic E-state index is 0.416. The molecule has 0 aromatic carbocycles. The molecule has 0 atom stereocenters. The van der Waals surface area contributed by atoms with Gasteiger partial charge >= 0.3 is 0 Å². The van der Waals surface area contributed by atoms with Gasteiger partial charge < -0.3 is 10.6 Å². The van der Waals surface area contributed by atoms with E-state index in [1.807, 2.05) is 18.2 Å². The first-order chi connectivity index (χ1) is 8.83. The van der Waals surface area contributed by atoms with Crippen molar-refractivity contribution in [2.75, 3.05) is 11.4 Å². The lowest BCUT2D eigenvalue weighted by Gasteiger charge is -2.21. The van der Waals surface area contributed by atoms with Gasteiger partial charge in [0, 0.05) is 19.3 Å². The van der Waals surface area contributed by atoms with E-state index in [1.165, 1.54) is 0 Å². The first kappa shape index (κ1) is 12.4. The molecule has 5 heteroatoms. The Morgan fingerprint density at radius 1 is 1.11 bits per heavy atom. The van der Waals surface area contributed by atoms with E-state index in [1.54, 1.807) is 18.6 Å². The van der Waals surface area contributed by atoms with Crippen LogP contribution in [0.5, 0.6) is 0 Å². The number of hydrogen-bond donors (Lipinski definition) is 1. The van der Waals surface area contributed by atoms with E-state index in [9.17, 15) is 0 Å². The summed E-state index contributed by atoms with van der Waals surface area (Å²) in [5.74, 6) is 0.848. The molecule has 2 N–H and O–H groups in total. The van der Waals surface area contributed by atoms with Crippen LogP contribution in [0.15, 0.2) is 36.8 Å². The Morgan fingerprint density at radius 2 is 2.00 bits per heavy atom. The van der Waals surface area contributed by atoms with Crippen molar-refractivity contribution in [2.45, 2.75) is 20.0 Å². The summed E-state index contributed by atoms with van der Waals surface area (Å²) >= 11 is 0. The Labute approximate surface area is 107 Å². The van der Waals surface area contributed by atoms with Crippen molar-refractivity contribution in [3.05, 3.63) is 48.2 Å². The van der Waals surface area contributed by atoms with Crippen LogP contribution in [0.3, 0.4) is 0 Å². The van der Waals surface area contributed by atoms with Crippen LogP contribution in [0.4, 0.5) is 5.82 Å². The molecule has 0 amide bonds. The number of rotatable bonds is 5. The van der Waals surface area contributed by atoms with Gasteiger partial charge in [-0.2, -0.15) is 0 Å². The predicted octanol–water partition coefficient (Wildman–Crippen LogP) is 1.36. The Balaban J connectivity index is 2.12. The average molecular weight is 243 g/mol. The fourth-order valence-electron chi connectivity index (χ4n) is 1.66. The maximum Gasteiger partial charge on any atom is 0.147 e. The topological polar surface area (TPSA) is 67.9 Å². The van der Waals surface area contributed by atoms with Crippen molar-refractivity contribution < 1.29 is 0 Å². The Hall–Kier alpha value is -2.01. The van der Waals surface area contributed by atoms with Gasteiger partial charge in [-0.1, -0.05) is 6.07 Å². The van der Waals surface area contributed by atoms with Crippen molar-refractivity contribution in [1.29, 1.82) is 0 Å². The SMILES string of the molecule is CCN(Cc1ccccn1)c1cnc(CN)cn1. The summed E-state index contributed by atoms with van der Waals surface area (Å²) in [4.78, 5) is 15.1. The highest BCUT2D eigenvalue weighted by Crippen LogP contribution is 2.11. The lowest BCUT2D eigenvalue weighted by Crippen LogP contribution is -2.24. The molecule has 0 bridgehead atoms. The Kier molecular flexibility index (Phi) is 4.20. The second-order valence-corrected chi connectivity index (χ2v) is 3.91. The molecule has 0 aliphatic heterocycles. The second-order valence-electron chi connectivity index (χ2n) is 3.91. The van der Waals surface area contributed by atoms with Crippen molar-refractivity contribution >= 4 is 5.82 Å². The van der Waals surface area contributed by atoms with Crippen LogP contribution < -0.4 is 10.6 Å². The second kappa shape index (κ2) is 6.07. The van der Waals surface area contributed by atoms with Crippen molar-refractivity contribution in [2.24, 2.45) is 5.73 Å². The zero-order valence-electron chi connectivity index (χ0n) is 10.5. The molecule has 0 saturated carbocycles. The molecule has 2 aromatic rings. The summed E-state index contributed by atoms with van der Waals surface area (Å²) in [5.41, 5.74) is 7.32. The zero-order chi connectivity index (χ0) is 12.8. The first-order valence-corrected chi connectivity index (χ1v) is 5.99. The molecule has 0 radical (unpaired) electrons. The summed E-state index contributed by atoms with van der Waals surface area (Å²) < 4.78 is 0. The van der Waals surface area contributed by atoms with E-state index in [-0.39, 0.29) is 0 Å². The number of pyridine rings is 1. The molecule has 0 aliphatic rings. The van der Waals surface area contributed by atoms with E-state index < -0.39 is 0 Å². The number of aromatic nitrogens is 3. The van der Waals surface area contributed by atoms with Crippen LogP contribution in [-0.4, -0.2) is 21.5 Å². The van der Waals surface area contributed by atoms with Crippen LogP contribution in [0.1, 0.15) is 18.3 Å². The van der Waals surface area contributed by atoms with E-state index in [2.05, 4.69) is 26.8 Å². The van der Waals surface area contributed by atoms with Crippen LogP contribution in [0.25, 0.3) is 0 Å². The van der Waals surface area contributed by atoms with Crippen molar-refractivity contribution in [3.63, 3.8) is 0 Å². The van der Waals surface area contributed by atoms with Gasteiger partial charge in [0.25, 0.3) is 0 Å². The van der Waals surface area contributed by atoms with Gasteiger partial charge in [0.15, 0.2) is 0 Å². The molecule has 0 aliphatic carbocycles. The molecular formula is C13H17N5. The minimum absolute atomic E-state index is 0.416. The quantitative estimate of drug-likeness (QED) is 0.858. The van der Waals surface area contributed by atoms with Gasteiger partial charge in [-0.15, -0.1) is 0 Å². The molecule has 18 heavy (non-hydrogen) atoms. The number of nitrogens with zero attached hydrogens (tertiary/aromatic N) is 4. The third kappa shape index (κ3) is 3.01. The summed E-state index contributed by atoms with van der Waals surface area (Å²) in [6.07, 6.45) is 5.28. The van der Waals surface area contributed by atoms with Crippen molar-refractivity contribution in [3.8, 4) is 0 Å². The molecule has 2 heterocycles. The lowest BCUT2D eigenvalue weighted by molar-refractivity contribution is 0.785. The fourth-order valence-corrected chi connectivity index (χ4v) is 1.66. The molecule has 0 fully saturated rings. The van der Waals surface area contributed by atoms with Crippen LogP contribution in [-0.2, 0) is 13.1 Å². The summed E-state index contributed by atoms with van der Waals surface area (Å²) in [6, 6.07) is 5.90. The summed E-state index contributed by atoms with van der Waals surface area (Å²) in [7, 11) is 0. The fraction of sp³-hybridized carbons (Fsp3) is 0.308. The highest BCUT2D eigenvalue weighted by Gasteiger charge is 2.07. The van der Waals surface area contributed by atoms with Crippen LogP contribution in [0, 0.1) is 0 Å². The van der Waals surface area contributed by atoms with E-state index in [4.69, 9.17) is 5.73 Å². The predicted molar refractivity (Wildman–Crippen MR) is 70.9 cm³/mol. The smallest absolute Gasteiger partial charge is 0.147 e. The lowest BCUT2D eigenvalue weighted by atomic mass is 10.3. The molecule has 2 rings (SSSR count). The van der Waals surface area contributed by atoms with Gasteiger partial charge in [-0.05, 0) is 19.1 Å². The van der Waals surface area contributed by atoms with Crippen LogP contribution >= 0.6 is 0 Å².